The van der Waals surface area contributed by atoms with Crippen molar-refractivity contribution in [2.24, 2.45) is 5.92 Å². The largest absolute Gasteiger partial charge is 0.452 e. The molecule has 0 radical (unpaired) electrons. The summed E-state index contributed by atoms with van der Waals surface area (Å²) in [5.41, 5.74) is 0.0586. The molecule has 1 heterocycles. The Labute approximate surface area is 170 Å². The van der Waals surface area contributed by atoms with Gasteiger partial charge in [-0.2, -0.15) is 0 Å². The Morgan fingerprint density at radius 3 is 2.70 bits per heavy atom. The molecule has 10 heteroatoms. The van der Waals surface area contributed by atoms with Crippen LogP contribution in [0.15, 0.2) is 48.5 Å². The number of nitrogens with zero attached hydrogens (tertiary/aromatic N) is 2. The molecule has 2 aromatic rings. The predicted molar refractivity (Wildman–Crippen MR) is 104 cm³/mol. The van der Waals surface area contributed by atoms with E-state index in [0.717, 1.165) is 0 Å². The lowest BCUT2D eigenvalue weighted by atomic mass is 10.1. The van der Waals surface area contributed by atoms with Gasteiger partial charge in [0.05, 0.1) is 16.5 Å². The molecule has 1 fully saturated rings. The highest BCUT2D eigenvalue weighted by atomic mass is 19.1. The minimum atomic E-state index is -1.20. The lowest BCUT2D eigenvalue weighted by Crippen LogP contribution is -2.33. The zero-order valence-corrected chi connectivity index (χ0v) is 15.9. The Kier molecular flexibility index (Phi) is 6.05. The van der Waals surface area contributed by atoms with Crippen LogP contribution in [0, 0.1) is 21.8 Å². The molecule has 1 N–H and O–H groups in total. The quantitative estimate of drug-likeness (QED) is 0.440. The molecule has 0 unspecified atom stereocenters. The van der Waals surface area contributed by atoms with Gasteiger partial charge < -0.3 is 15.0 Å². The van der Waals surface area contributed by atoms with Gasteiger partial charge in [-0.25, -0.2) is 4.39 Å². The molecule has 0 aromatic heterocycles. The lowest BCUT2D eigenvalue weighted by Gasteiger charge is -2.18. The van der Waals surface area contributed by atoms with E-state index in [1.54, 1.807) is 6.07 Å². The highest BCUT2D eigenvalue weighted by Gasteiger charge is 2.38. The summed E-state index contributed by atoms with van der Waals surface area (Å²) >= 11 is 0. The lowest BCUT2D eigenvalue weighted by molar-refractivity contribution is -0.384. The summed E-state index contributed by atoms with van der Waals surface area (Å²) in [5, 5.41) is 13.2. The van der Waals surface area contributed by atoms with Crippen LogP contribution in [-0.4, -0.2) is 35.4 Å². The number of ether oxygens (including phenoxy) is 1. The Morgan fingerprint density at radius 1 is 1.27 bits per heavy atom. The first-order valence-corrected chi connectivity index (χ1v) is 9.07. The summed E-state index contributed by atoms with van der Waals surface area (Å²) in [7, 11) is 0. The fourth-order valence-electron chi connectivity index (χ4n) is 3.03. The van der Waals surface area contributed by atoms with E-state index in [0.29, 0.717) is 0 Å². The molecule has 2 atom stereocenters. The van der Waals surface area contributed by atoms with Gasteiger partial charge in [0.2, 0.25) is 5.91 Å². The van der Waals surface area contributed by atoms with E-state index < -0.39 is 40.5 Å². The molecule has 0 spiro atoms. The number of amides is 2. The third-order valence-electron chi connectivity index (χ3n) is 4.59. The second-order valence-corrected chi connectivity index (χ2v) is 6.73. The average Bonchev–Trinajstić information content (AvgIpc) is 3.10. The number of hydrogen-bond donors (Lipinski definition) is 1. The van der Waals surface area contributed by atoms with Gasteiger partial charge in [0.15, 0.2) is 6.10 Å². The molecule has 0 bridgehead atoms. The maximum Gasteiger partial charge on any atom is 0.312 e. The van der Waals surface area contributed by atoms with Gasteiger partial charge in [-0.3, -0.25) is 24.5 Å². The van der Waals surface area contributed by atoms with Crippen molar-refractivity contribution in [3.8, 4) is 0 Å². The molecule has 0 saturated carbocycles. The first-order chi connectivity index (χ1) is 14.3. The van der Waals surface area contributed by atoms with Crippen LogP contribution in [0.2, 0.25) is 0 Å². The number of esters is 1. The molecule has 30 heavy (non-hydrogen) atoms. The Morgan fingerprint density at radius 2 is 2.00 bits per heavy atom. The number of nitro groups is 1. The highest BCUT2D eigenvalue weighted by molar-refractivity contribution is 6.00. The number of anilines is 2. The van der Waals surface area contributed by atoms with Crippen molar-refractivity contribution in [1.82, 2.24) is 0 Å². The van der Waals surface area contributed by atoms with Crippen molar-refractivity contribution in [3.63, 3.8) is 0 Å². The predicted octanol–water partition coefficient (Wildman–Crippen LogP) is 2.66. The molecule has 0 aliphatic carbocycles. The number of rotatable bonds is 6. The number of benzene rings is 2. The molecule has 1 aliphatic rings. The third kappa shape index (κ3) is 4.59. The van der Waals surface area contributed by atoms with E-state index in [1.807, 2.05) is 0 Å². The van der Waals surface area contributed by atoms with Crippen LogP contribution >= 0.6 is 0 Å². The van der Waals surface area contributed by atoms with Crippen LogP contribution in [-0.2, 0) is 19.1 Å². The number of para-hydroxylation sites is 1. The number of non-ortho nitro benzene ring substituents is 1. The van der Waals surface area contributed by atoms with Crippen molar-refractivity contribution in [2.45, 2.75) is 19.4 Å². The van der Waals surface area contributed by atoms with E-state index in [1.165, 1.54) is 54.3 Å². The summed E-state index contributed by atoms with van der Waals surface area (Å²) < 4.78 is 19.1. The second kappa shape index (κ2) is 8.68. The zero-order chi connectivity index (χ0) is 21.8. The standard InChI is InChI=1S/C20H18FN3O6/c1-12(19(26)22-14-5-4-6-15(10-14)24(28)29)30-20(27)13-9-18(25)23(11-13)17-8-3-2-7-16(17)21/h2-8,10,12-13H,9,11H2,1H3,(H,22,26)/t12-,13-/m1/s1. The first kappa shape index (κ1) is 20.9. The maximum atomic E-state index is 13.9. The van der Waals surface area contributed by atoms with Gasteiger partial charge in [0.1, 0.15) is 5.82 Å². The monoisotopic (exact) mass is 415 g/mol. The normalized spacial score (nSPS) is 16.8. The fraction of sp³-hybridized carbons (Fsp3) is 0.250. The molecule has 2 aromatic carbocycles. The molecule has 1 saturated heterocycles. The SMILES string of the molecule is C[C@@H](OC(=O)[C@@H]1CC(=O)N(c2ccccc2F)C1)C(=O)Nc1cccc([N+](=O)[O-])c1. The Balaban J connectivity index is 1.59. The van der Waals surface area contributed by atoms with Crippen molar-refractivity contribution in [2.75, 3.05) is 16.8 Å². The number of hydrogen-bond acceptors (Lipinski definition) is 6. The number of nitrogens with one attached hydrogen (secondary N) is 1. The topological polar surface area (TPSA) is 119 Å². The molecular weight excluding hydrogens is 397 g/mol. The van der Waals surface area contributed by atoms with Crippen LogP contribution in [0.4, 0.5) is 21.5 Å². The van der Waals surface area contributed by atoms with Crippen molar-refractivity contribution in [1.29, 1.82) is 0 Å². The molecule has 9 nitrogen and oxygen atoms in total. The molecule has 2 amide bonds. The average molecular weight is 415 g/mol. The second-order valence-electron chi connectivity index (χ2n) is 6.73. The molecule has 3 rings (SSSR count). The van der Waals surface area contributed by atoms with Gasteiger partial charge >= 0.3 is 5.97 Å². The van der Waals surface area contributed by atoms with Crippen LogP contribution < -0.4 is 10.2 Å². The molecule has 1 aliphatic heterocycles. The van der Waals surface area contributed by atoms with Crippen molar-refractivity contribution >= 4 is 34.8 Å². The Bertz CT molecular complexity index is 1010. The minimum Gasteiger partial charge on any atom is -0.452 e. The maximum absolute atomic E-state index is 13.9. The molecular formula is C20H18FN3O6. The van der Waals surface area contributed by atoms with Crippen molar-refractivity contribution in [3.05, 3.63) is 64.5 Å². The van der Waals surface area contributed by atoms with E-state index in [-0.39, 0.29) is 30.0 Å². The van der Waals surface area contributed by atoms with Gasteiger partial charge in [0, 0.05) is 30.8 Å². The van der Waals surface area contributed by atoms with Gasteiger partial charge in [-0.15, -0.1) is 0 Å². The van der Waals surface area contributed by atoms with E-state index in [4.69, 9.17) is 4.74 Å². The number of halogens is 1. The van der Waals surface area contributed by atoms with Gasteiger partial charge in [-0.05, 0) is 25.1 Å². The summed E-state index contributed by atoms with van der Waals surface area (Å²) in [5.74, 6) is -3.28. The summed E-state index contributed by atoms with van der Waals surface area (Å²) in [6.07, 6.45) is -1.36. The number of carbonyl (C=O) groups is 3. The number of nitro benzene ring substituents is 1. The smallest absolute Gasteiger partial charge is 0.312 e. The van der Waals surface area contributed by atoms with Crippen LogP contribution in [0.5, 0.6) is 0 Å². The Hall–Kier alpha value is -3.82. The van der Waals surface area contributed by atoms with Crippen molar-refractivity contribution < 1.29 is 28.4 Å². The van der Waals surface area contributed by atoms with E-state index in [9.17, 15) is 28.9 Å². The van der Waals surface area contributed by atoms with E-state index >= 15 is 0 Å². The van der Waals surface area contributed by atoms with Crippen LogP contribution in [0.1, 0.15) is 13.3 Å². The summed E-state index contributed by atoms with van der Waals surface area (Å²) in [6.45, 7) is 1.29. The third-order valence-corrected chi connectivity index (χ3v) is 4.59. The van der Waals surface area contributed by atoms with Crippen LogP contribution in [0.3, 0.4) is 0 Å². The van der Waals surface area contributed by atoms with Gasteiger partial charge in [-0.1, -0.05) is 18.2 Å². The summed E-state index contributed by atoms with van der Waals surface area (Å²) in [6, 6.07) is 11.0. The molecule has 156 valence electrons. The first-order valence-electron chi connectivity index (χ1n) is 9.07. The fourth-order valence-corrected chi connectivity index (χ4v) is 3.03. The number of carbonyl (C=O) groups excluding carboxylic acids is 3. The van der Waals surface area contributed by atoms with Gasteiger partial charge in [0.25, 0.3) is 11.6 Å². The summed E-state index contributed by atoms with van der Waals surface area (Å²) in [4.78, 5) is 48.2. The zero-order valence-electron chi connectivity index (χ0n) is 15.9. The van der Waals surface area contributed by atoms with E-state index in [2.05, 4.69) is 5.32 Å². The van der Waals surface area contributed by atoms with Crippen LogP contribution in [0.25, 0.3) is 0 Å². The highest BCUT2D eigenvalue weighted by Crippen LogP contribution is 2.28. The minimum absolute atomic E-state index is 0.0577.